The van der Waals surface area contributed by atoms with Gasteiger partial charge in [-0.05, 0) is 18.1 Å². The number of rotatable bonds is 5. The number of hydrogen-bond acceptors (Lipinski definition) is 8. The number of halogens is 2. The van der Waals surface area contributed by atoms with Gasteiger partial charge in [0.25, 0.3) is 11.4 Å². The average Bonchev–Trinajstić information content (AvgIpc) is 2.79. The van der Waals surface area contributed by atoms with Crippen molar-refractivity contribution in [1.29, 1.82) is 0 Å². The highest BCUT2D eigenvalue weighted by Gasteiger charge is 2.68. The van der Waals surface area contributed by atoms with E-state index in [2.05, 4.69) is 0 Å². The predicted octanol–water partition coefficient (Wildman–Crippen LogP) is -3.85. The number of aliphatic hydroxyl groups is 2. The highest BCUT2D eigenvalue weighted by Crippen LogP contribution is 2.46. The number of carbonyl (C=O) groups is 1. The van der Waals surface area contributed by atoms with Gasteiger partial charge in [-0.2, -0.15) is 4.39 Å². The lowest BCUT2D eigenvalue weighted by Crippen LogP contribution is -2.62. The van der Waals surface area contributed by atoms with Crippen LogP contribution < -0.4 is 11.3 Å². The summed E-state index contributed by atoms with van der Waals surface area (Å²) >= 11 is 4.94. The molecule has 1 saturated heterocycles. The standard InChI is InChI=1S/C14H22B3F2N3O6S/c1-4(2)6(20)10(26)27-14(16,17)12(19)7(23)8(24)13(15,28-12)22-3-5(18)9(25)21-11(22)29/h3-4,6-8,23-24H,15-17,20H2,1-2H3,(H,21,25,29)/t6-,7-,8+,12-,13-/m0/s1. The fourth-order valence-electron chi connectivity index (χ4n) is 3.03. The molecule has 1 aliphatic rings. The van der Waals surface area contributed by atoms with Gasteiger partial charge < -0.3 is 25.4 Å². The molecule has 15 heteroatoms. The van der Waals surface area contributed by atoms with Crippen molar-refractivity contribution in [2.45, 2.75) is 49.0 Å². The second-order valence-electron chi connectivity index (χ2n) is 8.00. The van der Waals surface area contributed by atoms with Crippen LogP contribution in [-0.4, -0.2) is 78.8 Å². The quantitative estimate of drug-likeness (QED) is 0.211. The number of nitrogens with zero attached hydrogens (tertiary/aromatic N) is 1. The van der Waals surface area contributed by atoms with Crippen molar-refractivity contribution in [1.82, 2.24) is 9.55 Å². The fourth-order valence-corrected chi connectivity index (χ4v) is 3.35. The Morgan fingerprint density at radius 2 is 2.03 bits per heavy atom. The Kier molecular flexibility index (Phi) is 6.24. The molecule has 1 fully saturated rings. The Bertz CT molecular complexity index is 931. The summed E-state index contributed by atoms with van der Waals surface area (Å²) in [5.74, 6) is -5.64. The summed E-state index contributed by atoms with van der Waals surface area (Å²) < 4.78 is 40.6. The van der Waals surface area contributed by atoms with Crippen LogP contribution >= 0.6 is 12.2 Å². The minimum absolute atomic E-state index is 0.304. The number of esters is 1. The van der Waals surface area contributed by atoms with Crippen LogP contribution in [0, 0.1) is 16.5 Å². The molecule has 0 bridgehead atoms. The lowest BCUT2D eigenvalue weighted by molar-refractivity contribution is -0.250. The summed E-state index contributed by atoms with van der Waals surface area (Å²) in [4.78, 5) is 25.6. The number of nitrogens with two attached hydrogens (primary N) is 1. The number of aliphatic hydroxyl groups excluding tert-OH is 2. The van der Waals surface area contributed by atoms with E-state index in [1.165, 1.54) is 0 Å². The molecule has 0 radical (unpaired) electrons. The lowest BCUT2D eigenvalue weighted by atomic mass is 9.59. The topological polar surface area (TPSA) is 140 Å². The van der Waals surface area contributed by atoms with E-state index in [9.17, 15) is 24.2 Å². The van der Waals surface area contributed by atoms with E-state index >= 15 is 4.39 Å². The van der Waals surface area contributed by atoms with Crippen molar-refractivity contribution < 1.29 is 33.3 Å². The molecule has 1 aromatic heterocycles. The minimum atomic E-state index is -3.13. The fraction of sp³-hybridized carbons (Fsp3) is 0.643. The second-order valence-corrected chi connectivity index (χ2v) is 8.39. The SMILES string of the molecule is BC(B)(OC(=O)[C@@H](N)C(C)C)[C@@]1(F)O[C@@](B)(n2cc(F)c(=O)[nH]c2=S)[C@H](O)[C@@H]1O. The van der Waals surface area contributed by atoms with Gasteiger partial charge in [-0.25, -0.2) is 4.39 Å². The van der Waals surface area contributed by atoms with Crippen molar-refractivity contribution in [3.63, 3.8) is 0 Å². The Hall–Kier alpha value is -1.54. The van der Waals surface area contributed by atoms with Gasteiger partial charge in [-0.15, -0.1) is 0 Å². The molecule has 0 amide bonds. The van der Waals surface area contributed by atoms with Gasteiger partial charge >= 0.3 is 5.97 Å². The van der Waals surface area contributed by atoms with Crippen molar-refractivity contribution in [3.05, 3.63) is 27.1 Å². The molecule has 2 rings (SSSR count). The molecule has 5 N–H and O–H groups in total. The van der Waals surface area contributed by atoms with Gasteiger partial charge in [0, 0.05) is 0 Å². The number of carbonyl (C=O) groups excluding carboxylic acids is 1. The van der Waals surface area contributed by atoms with Crippen LogP contribution in [0.1, 0.15) is 13.8 Å². The lowest BCUT2D eigenvalue weighted by Gasteiger charge is -2.40. The number of ether oxygens (including phenoxy) is 2. The second kappa shape index (κ2) is 7.62. The van der Waals surface area contributed by atoms with Crippen LogP contribution in [0.15, 0.2) is 11.0 Å². The van der Waals surface area contributed by atoms with Crippen molar-refractivity contribution in [2.75, 3.05) is 0 Å². The molecule has 1 aliphatic heterocycles. The smallest absolute Gasteiger partial charge is 0.322 e. The first-order valence-electron chi connectivity index (χ1n) is 8.84. The zero-order valence-electron chi connectivity index (χ0n) is 16.6. The molecule has 0 aliphatic carbocycles. The largest absolute Gasteiger partial charge is 0.471 e. The van der Waals surface area contributed by atoms with Crippen LogP contribution in [0.25, 0.3) is 0 Å². The third-order valence-electron chi connectivity index (χ3n) is 5.13. The third kappa shape index (κ3) is 3.81. The molecule has 0 aromatic carbocycles. The number of aromatic nitrogens is 2. The Morgan fingerprint density at radius 1 is 1.48 bits per heavy atom. The van der Waals surface area contributed by atoms with Crippen molar-refractivity contribution in [3.8, 4) is 0 Å². The first-order chi connectivity index (χ1) is 13.1. The van der Waals surface area contributed by atoms with E-state index in [0.717, 1.165) is 28.1 Å². The predicted molar refractivity (Wildman–Crippen MR) is 108 cm³/mol. The molecule has 0 spiro atoms. The van der Waals surface area contributed by atoms with Crippen LogP contribution in [0.3, 0.4) is 0 Å². The maximum absolute atomic E-state index is 15.9. The molecule has 158 valence electrons. The van der Waals surface area contributed by atoms with E-state index in [-0.39, 0.29) is 10.7 Å². The summed E-state index contributed by atoms with van der Waals surface area (Å²) in [7, 11) is 3.40. The molecular weight excluding hydrogens is 409 g/mol. The molecular formula is C14H22B3F2N3O6S. The summed E-state index contributed by atoms with van der Waals surface area (Å²) in [6.45, 7) is 3.33. The highest BCUT2D eigenvalue weighted by atomic mass is 32.1. The number of nitrogens with one attached hydrogen (secondary N) is 1. The number of alkyl halides is 1. The molecule has 0 unspecified atom stereocenters. The van der Waals surface area contributed by atoms with E-state index < -0.39 is 52.5 Å². The molecule has 29 heavy (non-hydrogen) atoms. The van der Waals surface area contributed by atoms with E-state index in [4.69, 9.17) is 27.4 Å². The highest BCUT2D eigenvalue weighted by molar-refractivity contribution is 7.71. The van der Waals surface area contributed by atoms with E-state index in [1.54, 1.807) is 13.8 Å². The van der Waals surface area contributed by atoms with E-state index in [1.807, 2.05) is 4.98 Å². The minimum Gasteiger partial charge on any atom is -0.471 e. The summed E-state index contributed by atoms with van der Waals surface area (Å²) in [5, 5.41) is 18.8. The summed E-state index contributed by atoms with van der Waals surface area (Å²) in [5.41, 5.74) is 2.47. The Morgan fingerprint density at radius 3 is 2.55 bits per heavy atom. The Balaban J connectivity index is 2.48. The number of hydrogen-bond donors (Lipinski definition) is 4. The van der Waals surface area contributed by atoms with Crippen LogP contribution in [-0.2, 0) is 19.9 Å². The van der Waals surface area contributed by atoms with Crippen molar-refractivity contribution >= 4 is 41.7 Å². The van der Waals surface area contributed by atoms with Crippen LogP contribution in [0.5, 0.6) is 0 Å². The molecule has 5 atom stereocenters. The monoisotopic (exact) mass is 431 g/mol. The molecule has 1 aromatic rings. The zero-order valence-corrected chi connectivity index (χ0v) is 17.4. The van der Waals surface area contributed by atoms with Gasteiger partial charge in [0.15, 0.2) is 28.3 Å². The van der Waals surface area contributed by atoms with Gasteiger partial charge in [-0.3, -0.25) is 19.1 Å². The Labute approximate surface area is 172 Å². The molecule has 2 heterocycles. The first-order valence-corrected chi connectivity index (χ1v) is 9.25. The summed E-state index contributed by atoms with van der Waals surface area (Å²) in [6, 6.07) is -1.06. The number of aromatic amines is 1. The maximum Gasteiger partial charge on any atom is 0.322 e. The van der Waals surface area contributed by atoms with Crippen LogP contribution in [0.4, 0.5) is 8.78 Å². The first kappa shape index (κ1) is 23.7. The maximum atomic E-state index is 15.9. The normalized spacial score (nSPS) is 31.0. The van der Waals surface area contributed by atoms with Gasteiger partial charge in [-0.1, -0.05) is 13.8 Å². The van der Waals surface area contributed by atoms with Crippen LogP contribution in [0.2, 0.25) is 0 Å². The summed E-state index contributed by atoms with van der Waals surface area (Å²) in [6.07, 6.45) is -3.57. The third-order valence-corrected chi connectivity index (χ3v) is 5.43. The zero-order chi connectivity index (χ0) is 22.5. The van der Waals surface area contributed by atoms with Gasteiger partial charge in [0.05, 0.1) is 6.20 Å². The van der Waals surface area contributed by atoms with Crippen molar-refractivity contribution in [2.24, 2.45) is 11.7 Å². The van der Waals surface area contributed by atoms with Gasteiger partial charge in [0.2, 0.25) is 5.82 Å². The molecule has 9 nitrogen and oxygen atoms in total. The van der Waals surface area contributed by atoms with E-state index in [0.29, 0.717) is 6.20 Å². The number of H-pyrrole nitrogens is 1. The molecule has 0 saturated carbocycles. The average molecular weight is 431 g/mol. The van der Waals surface area contributed by atoms with Gasteiger partial charge in [0.1, 0.15) is 29.3 Å².